The number of benzene rings is 1. The Bertz CT molecular complexity index is 504. The van der Waals surface area contributed by atoms with Crippen molar-refractivity contribution >= 4 is 22.5 Å². The van der Waals surface area contributed by atoms with Gasteiger partial charge in [0.15, 0.2) is 0 Å². The molecule has 1 aromatic rings. The van der Waals surface area contributed by atoms with Gasteiger partial charge in [0.05, 0.1) is 28.9 Å². The van der Waals surface area contributed by atoms with Crippen LogP contribution in [0.15, 0.2) is 23.1 Å². The second kappa shape index (κ2) is 6.12. The molecule has 2 amide bonds. The van der Waals surface area contributed by atoms with E-state index < -0.39 is 16.6 Å². The highest BCUT2D eigenvalue weighted by Gasteiger charge is 2.17. The lowest BCUT2D eigenvalue weighted by molar-refractivity contribution is 0.0564. The maximum atomic E-state index is 13.6. The number of ether oxygens (including phenoxy) is 1. The minimum absolute atomic E-state index is 0.129. The van der Waals surface area contributed by atoms with Gasteiger partial charge >= 0.3 is 6.03 Å². The molecule has 0 bridgehead atoms. The van der Waals surface area contributed by atoms with Crippen LogP contribution in [0.2, 0.25) is 0 Å². The van der Waals surface area contributed by atoms with Crippen molar-refractivity contribution in [1.82, 2.24) is 4.90 Å². The monoisotopic (exact) mass is 286 g/mol. The van der Waals surface area contributed by atoms with E-state index in [-0.39, 0.29) is 10.9 Å². The van der Waals surface area contributed by atoms with Crippen molar-refractivity contribution in [3.8, 4) is 0 Å². The number of morpholine rings is 1. The molecule has 1 aromatic carbocycles. The predicted octanol–water partition coefficient (Wildman–Crippen LogP) is 1.43. The summed E-state index contributed by atoms with van der Waals surface area (Å²) in [5.41, 5.74) is 0.350. The lowest BCUT2D eigenvalue weighted by Gasteiger charge is -2.26. The molecule has 7 heteroatoms. The van der Waals surface area contributed by atoms with E-state index in [2.05, 4.69) is 5.32 Å². The fraction of sp³-hybridized carbons (Fsp3) is 0.417. The van der Waals surface area contributed by atoms with Crippen molar-refractivity contribution in [2.75, 3.05) is 37.9 Å². The van der Waals surface area contributed by atoms with Gasteiger partial charge in [0.2, 0.25) is 0 Å². The Morgan fingerprint density at radius 1 is 1.42 bits per heavy atom. The van der Waals surface area contributed by atoms with Crippen molar-refractivity contribution in [3.63, 3.8) is 0 Å². The largest absolute Gasteiger partial charge is 0.378 e. The molecular weight excluding hydrogens is 271 g/mol. The van der Waals surface area contributed by atoms with Crippen LogP contribution in [-0.4, -0.2) is 47.7 Å². The average molecular weight is 286 g/mol. The standard InChI is InChI=1S/C12H15FN2O3S/c1-19(17)11-3-2-9(8-10(11)13)14-12(16)15-4-6-18-7-5-15/h2-3,8H,4-7H2,1H3,(H,14,16). The average Bonchev–Trinajstić information content (AvgIpc) is 2.39. The van der Waals surface area contributed by atoms with E-state index in [1.54, 1.807) is 4.90 Å². The van der Waals surface area contributed by atoms with Crippen LogP contribution in [-0.2, 0) is 15.5 Å². The number of rotatable bonds is 2. The van der Waals surface area contributed by atoms with E-state index in [9.17, 15) is 13.4 Å². The number of amides is 2. The predicted molar refractivity (Wildman–Crippen MR) is 70.1 cm³/mol. The smallest absolute Gasteiger partial charge is 0.322 e. The molecular formula is C12H15FN2O3S. The van der Waals surface area contributed by atoms with Crippen LogP contribution in [0.4, 0.5) is 14.9 Å². The minimum atomic E-state index is -1.38. The number of hydrogen-bond acceptors (Lipinski definition) is 3. The molecule has 2 rings (SSSR count). The third-order valence-electron chi connectivity index (χ3n) is 2.79. The van der Waals surface area contributed by atoms with Crippen molar-refractivity contribution in [1.29, 1.82) is 0 Å². The molecule has 19 heavy (non-hydrogen) atoms. The highest BCUT2D eigenvalue weighted by atomic mass is 32.2. The van der Waals surface area contributed by atoms with E-state index >= 15 is 0 Å². The van der Waals surface area contributed by atoms with Crippen LogP contribution in [0.5, 0.6) is 0 Å². The minimum Gasteiger partial charge on any atom is -0.378 e. The van der Waals surface area contributed by atoms with E-state index in [1.165, 1.54) is 24.5 Å². The first-order chi connectivity index (χ1) is 9.08. The Hall–Kier alpha value is -1.47. The molecule has 1 aliphatic rings. The summed E-state index contributed by atoms with van der Waals surface area (Å²) in [6.07, 6.45) is 1.41. The normalized spacial score (nSPS) is 17.1. The molecule has 1 fully saturated rings. The zero-order valence-corrected chi connectivity index (χ0v) is 11.3. The Labute approximate surface area is 113 Å². The van der Waals surface area contributed by atoms with E-state index in [0.29, 0.717) is 32.0 Å². The molecule has 0 aliphatic carbocycles. The highest BCUT2D eigenvalue weighted by molar-refractivity contribution is 7.84. The Balaban J connectivity index is 2.04. The summed E-state index contributed by atoms with van der Waals surface area (Å²) in [5.74, 6) is -0.583. The van der Waals surface area contributed by atoms with Gasteiger partial charge in [-0.05, 0) is 18.2 Å². The summed E-state index contributed by atoms with van der Waals surface area (Å²) in [6.45, 7) is 2.06. The van der Waals surface area contributed by atoms with Crippen LogP contribution < -0.4 is 5.32 Å². The van der Waals surface area contributed by atoms with Gasteiger partial charge < -0.3 is 15.0 Å². The maximum Gasteiger partial charge on any atom is 0.322 e. The molecule has 5 nitrogen and oxygen atoms in total. The Morgan fingerprint density at radius 2 is 2.11 bits per heavy atom. The van der Waals surface area contributed by atoms with E-state index in [0.717, 1.165) is 0 Å². The second-order valence-electron chi connectivity index (χ2n) is 4.13. The van der Waals surface area contributed by atoms with Gasteiger partial charge in [-0.2, -0.15) is 0 Å². The van der Waals surface area contributed by atoms with Gasteiger partial charge in [-0.1, -0.05) is 0 Å². The van der Waals surface area contributed by atoms with Crippen molar-refractivity contribution < 1.29 is 18.1 Å². The quantitative estimate of drug-likeness (QED) is 0.894. The van der Waals surface area contributed by atoms with Gasteiger partial charge in [0.1, 0.15) is 5.82 Å². The Morgan fingerprint density at radius 3 is 2.68 bits per heavy atom. The highest BCUT2D eigenvalue weighted by Crippen LogP contribution is 2.17. The van der Waals surface area contributed by atoms with E-state index in [4.69, 9.17) is 4.74 Å². The molecule has 1 heterocycles. The molecule has 1 N–H and O–H groups in total. The van der Waals surface area contributed by atoms with Crippen LogP contribution in [0.3, 0.4) is 0 Å². The third-order valence-corrected chi connectivity index (χ3v) is 3.74. The topological polar surface area (TPSA) is 58.6 Å². The second-order valence-corrected chi connectivity index (χ2v) is 5.48. The SMILES string of the molecule is CS(=O)c1ccc(NC(=O)N2CCOCC2)cc1F. The van der Waals surface area contributed by atoms with Gasteiger partial charge in [0.25, 0.3) is 0 Å². The first kappa shape index (κ1) is 14.0. The first-order valence-corrected chi connectivity index (χ1v) is 7.40. The van der Waals surface area contributed by atoms with Gasteiger partial charge in [-0.25, -0.2) is 9.18 Å². The van der Waals surface area contributed by atoms with Crippen LogP contribution in [0.25, 0.3) is 0 Å². The van der Waals surface area contributed by atoms with Crippen LogP contribution in [0, 0.1) is 5.82 Å². The number of halogens is 1. The van der Waals surface area contributed by atoms with Gasteiger partial charge in [0, 0.05) is 25.0 Å². The number of nitrogens with one attached hydrogen (secondary N) is 1. The summed E-state index contributed by atoms with van der Waals surface area (Å²) < 4.78 is 30.0. The molecule has 0 radical (unpaired) electrons. The number of urea groups is 1. The van der Waals surface area contributed by atoms with Crippen LogP contribution in [0.1, 0.15) is 0 Å². The summed E-state index contributed by atoms with van der Waals surface area (Å²) in [4.78, 5) is 13.6. The molecule has 1 unspecified atom stereocenters. The molecule has 1 atom stereocenters. The Kier molecular flexibility index (Phi) is 4.49. The molecule has 0 aromatic heterocycles. The van der Waals surface area contributed by atoms with Gasteiger partial charge in [-0.3, -0.25) is 4.21 Å². The van der Waals surface area contributed by atoms with E-state index in [1.807, 2.05) is 0 Å². The number of nitrogens with zero attached hydrogens (tertiary/aromatic N) is 1. The van der Waals surface area contributed by atoms with Crippen molar-refractivity contribution in [2.24, 2.45) is 0 Å². The number of anilines is 1. The molecule has 0 saturated carbocycles. The summed E-state index contributed by atoms with van der Waals surface area (Å²) >= 11 is 0. The van der Waals surface area contributed by atoms with Crippen LogP contribution >= 0.6 is 0 Å². The summed E-state index contributed by atoms with van der Waals surface area (Å²) in [5, 5.41) is 2.61. The summed E-state index contributed by atoms with van der Waals surface area (Å²) in [7, 11) is -1.38. The number of carbonyl (C=O) groups is 1. The molecule has 1 aliphatic heterocycles. The zero-order valence-electron chi connectivity index (χ0n) is 10.5. The third kappa shape index (κ3) is 3.51. The number of hydrogen-bond donors (Lipinski definition) is 1. The number of carbonyl (C=O) groups excluding carboxylic acids is 1. The molecule has 104 valence electrons. The summed E-state index contributed by atoms with van der Waals surface area (Å²) in [6, 6.07) is 3.85. The van der Waals surface area contributed by atoms with Crippen molar-refractivity contribution in [2.45, 2.75) is 4.90 Å². The zero-order chi connectivity index (χ0) is 13.8. The fourth-order valence-electron chi connectivity index (χ4n) is 1.78. The van der Waals surface area contributed by atoms with Crippen molar-refractivity contribution in [3.05, 3.63) is 24.0 Å². The van der Waals surface area contributed by atoms with Gasteiger partial charge in [-0.15, -0.1) is 0 Å². The fourth-order valence-corrected chi connectivity index (χ4v) is 2.37. The lowest BCUT2D eigenvalue weighted by Crippen LogP contribution is -2.43. The molecule has 0 spiro atoms. The lowest BCUT2D eigenvalue weighted by atomic mass is 10.3. The first-order valence-electron chi connectivity index (χ1n) is 5.84. The maximum absolute atomic E-state index is 13.6. The molecule has 1 saturated heterocycles.